The Hall–Kier alpha value is -1.02. The highest BCUT2D eigenvalue weighted by molar-refractivity contribution is 6.29. The summed E-state index contributed by atoms with van der Waals surface area (Å²) in [4.78, 5) is 4.11. The lowest BCUT2D eigenvalue weighted by molar-refractivity contribution is 0.587. The summed E-state index contributed by atoms with van der Waals surface area (Å²) in [5, 5.41) is 1.53. The minimum absolute atomic E-state index is 0.0503. The SMILES string of the molecule is CC(C)(C)c1cc(Cl)nc2occc12. The molecule has 2 heterocycles. The maximum absolute atomic E-state index is 5.92. The summed E-state index contributed by atoms with van der Waals surface area (Å²) in [6.45, 7) is 6.43. The van der Waals surface area contributed by atoms with Gasteiger partial charge >= 0.3 is 0 Å². The Bertz CT molecular complexity index is 468. The van der Waals surface area contributed by atoms with Crippen LogP contribution >= 0.6 is 11.6 Å². The highest BCUT2D eigenvalue weighted by Crippen LogP contribution is 2.31. The van der Waals surface area contributed by atoms with Gasteiger partial charge in [-0.1, -0.05) is 32.4 Å². The van der Waals surface area contributed by atoms with Crippen molar-refractivity contribution in [1.29, 1.82) is 0 Å². The Kier molecular flexibility index (Phi) is 2.04. The zero-order valence-corrected chi connectivity index (χ0v) is 9.22. The number of rotatable bonds is 0. The zero-order chi connectivity index (χ0) is 10.3. The van der Waals surface area contributed by atoms with Crippen LogP contribution in [0.25, 0.3) is 11.1 Å². The van der Waals surface area contributed by atoms with E-state index in [9.17, 15) is 0 Å². The van der Waals surface area contributed by atoms with Crippen LogP contribution in [0, 0.1) is 0 Å². The second-order valence-electron chi connectivity index (χ2n) is 4.38. The average molecular weight is 210 g/mol. The van der Waals surface area contributed by atoms with Gasteiger partial charge in [-0.3, -0.25) is 0 Å². The summed E-state index contributed by atoms with van der Waals surface area (Å²) in [6, 6.07) is 3.83. The van der Waals surface area contributed by atoms with E-state index in [-0.39, 0.29) is 5.41 Å². The number of aromatic nitrogens is 1. The highest BCUT2D eigenvalue weighted by atomic mass is 35.5. The number of hydrogen-bond acceptors (Lipinski definition) is 2. The first-order valence-corrected chi connectivity index (χ1v) is 4.90. The number of halogens is 1. The van der Waals surface area contributed by atoms with Gasteiger partial charge in [-0.05, 0) is 23.1 Å². The van der Waals surface area contributed by atoms with E-state index in [1.165, 1.54) is 5.56 Å². The lowest BCUT2D eigenvalue weighted by Crippen LogP contribution is -2.11. The van der Waals surface area contributed by atoms with Gasteiger partial charge in [0.15, 0.2) is 0 Å². The highest BCUT2D eigenvalue weighted by Gasteiger charge is 2.19. The molecule has 2 nitrogen and oxygen atoms in total. The van der Waals surface area contributed by atoms with Gasteiger partial charge in [0, 0.05) is 5.39 Å². The molecule has 0 amide bonds. The molecule has 0 aliphatic carbocycles. The minimum atomic E-state index is 0.0503. The molecule has 0 unspecified atom stereocenters. The van der Waals surface area contributed by atoms with Crippen molar-refractivity contribution in [3.63, 3.8) is 0 Å². The summed E-state index contributed by atoms with van der Waals surface area (Å²) < 4.78 is 5.24. The molecule has 0 radical (unpaired) electrons. The molecule has 3 heteroatoms. The molecule has 0 saturated heterocycles. The number of fused-ring (bicyclic) bond motifs is 1. The fourth-order valence-corrected chi connectivity index (χ4v) is 1.73. The minimum Gasteiger partial charge on any atom is -0.446 e. The lowest BCUT2D eigenvalue weighted by Gasteiger charge is -2.19. The maximum Gasteiger partial charge on any atom is 0.227 e. The van der Waals surface area contributed by atoms with Gasteiger partial charge in [-0.25, -0.2) is 4.98 Å². The number of furan rings is 1. The first kappa shape index (κ1) is 9.53. The van der Waals surface area contributed by atoms with E-state index < -0.39 is 0 Å². The second kappa shape index (κ2) is 2.99. The third-order valence-corrected chi connectivity index (χ3v) is 2.41. The lowest BCUT2D eigenvalue weighted by atomic mass is 9.86. The average Bonchev–Trinajstić information content (AvgIpc) is 2.47. The summed E-state index contributed by atoms with van der Waals surface area (Å²) in [5.74, 6) is 0. The van der Waals surface area contributed by atoms with Crippen LogP contribution in [-0.4, -0.2) is 4.98 Å². The van der Waals surface area contributed by atoms with Crippen LogP contribution in [0.3, 0.4) is 0 Å². The molecular weight excluding hydrogens is 198 g/mol. The Morgan fingerprint density at radius 1 is 1.36 bits per heavy atom. The van der Waals surface area contributed by atoms with Gasteiger partial charge in [0.25, 0.3) is 0 Å². The van der Waals surface area contributed by atoms with Crippen molar-refractivity contribution >= 4 is 22.7 Å². The van der Waals surface area contributed by atoms with Crippen LogP contribution in [0.2, 0.25) is 5.15 Å². The van der Waals surface area contributed by atoms with Crippen LogP contribution in [0.15, 0.2) is 22.8 Å². The molecule has 0 atom stereocenters. The number of nitrogens with zero attached hydrogens (tertiary/aromatic N) is 1. The molecule has 2 rings (SSSR count). The molecule has 14 heavy (non-hydrogen) atoms. The van der Waals surface area contributed by atoms with Gasteiger partial charge in [0.1, 0.15) is 5.15 Å². The molecule has 2 aromatic rings. The van der Waals surface area contributed by atoms with E-state index >= 15 is 0 Å². The van der Waals surface area contributed by atoms with Crippen molar-refractivity contribution in [3.05, 3.63) is 29.1 Å². The Morgan fingerprint density at radius 2 is 2.07 bits per heavy atom. The van der Waals surface area contributed by atoms with E-state index in [0.717, 1.165) is 5.39 Å². The van der Waals surface area contributed by atoms with Crippen molar-refractivity contribution < 1.29 is 4.42 Å². The molecule has 0 aliphatic heterocycles. The van der Waals surface area contributed by atoms with Gasteiger partial charge in [-0.2, -0.15) is 0 Å². The normalized spacial score (nSPS) is 12.3. The Labute approximate surface area is 87.9 Å². The van der Waals surface area contributed by atoms with Crippen molar-refractivity contribution in [2.24, 2.45) is 0 Å². The van der Waals surface area contributed by atoms with Crippen molar-refractivity contribution in [2.45, 2.75) is 26.2 Å². The van der Waals surface area contributed by atoms with Crippen LogP contribution in [0.5, 0.6) is 0 Å². The smallest absolute Gasteiger partial charge is 0.227 e. The van der Waals surface area contributed by atoms with Crippen LogP contribution in [0.1, 0.15) is 26.3 Å². The predicted octanol–water partition coefficient (Wildman–Crippen LogP) is 3.78. The summed E-state index contributed by atoms with van der Waals surface area (Å²) in [5.41, 5.74) is 1.83. The van der Waals surface area contributed by atoms with Crippen LogP contribution in [-0.2, 0) is 5.41 Å². The van der Waals surface area contributed by atoms with E-state index in [1.807, 2.05) is 12.1 Å². The summed E-state index contributed by atoms with van der Waals surface area (Å²) in [7, 11) is 0. The van der Waals surface area contributed by atoms with Gasteiger partial charge < -0.3 is 4.42 Å². The van der Waals surface area contributed by atoms with E-state index in [4.69, 9.17) is 16.0 Å². The maximum atomic E-state index is 5.92. The molecule has 0 fully saturated rings. The van der Waals surface area contributed by atoms with E-state index in [2.05, 4.69) is 25.8 Å². The summed E-state index contributed by atoms with van der Waals surface area (Å²) in [6.07, 6.45) is 1.64. The molecule has 0 aliphatic rings. The van der Waals surface area contributed by atoms with Gasteiger partial charge in [-0.15, -0.1) is 0 Å². The van der Waals surface area contributed by atoms with Crippen LogP contribution < -0.4 is 0 Å². The predicted molar refractivity (Wildman–Crippen MR) is 57.7 cm³/mol. The fourth-order valence-electron chi connectivity index (χ4n) is 1.54. The summed E-state index contributed by atoms with van der Waals surface area (Å²) >= 11 is 5.92. The largest absolute Gasteiger partial charge is 0.446 e. The van der Waals surface area contributed by atoms with Crippen molar-refractivity contribution in [3.8, 4) is 0 Å². The Balaban J connectivity index is 2.80. The first-order valence-electron chi connectivity index (χ1n) is 4.53. The molecule has 0 bridgehead atoms. The Morgan fingerprint density at radius 3 is 2.71 bits per heavy atom. The van der Waals surface area contributed by atoms with E-state index in [1.54, 1.807) is 6.26 Å². The molecule has 0 N–H and O–H groups in total. The zero-order valence-electron chi connectivity index (χ0n) is 8.47. The van der Waals surface area contributed by atoms with Crippen LogP contribution in [0.4, 0.5) is 0 Å². The molecule has 74 valence electrons. The standard InChI is InChI=1S/C11H12ClNO/c1-11(2,3)8-6-9(12)13-10-7(8)4-5-14-10/h4-6H,1-3H3. The number of hydrogen-bond donors (Lipinski definition) is 0. The molecule has 0 saturated carbocycles. The molecular formula is C11H12ClNO. The van der Waals surface area contributed by atoms with Gasteiger partial charge in [0.2, 0.25) is 5.71 Å². The molecule has 0 spiro atoms. The quantitative estimate of drug-likeness (QED) is 0.618. The third-order valence-electron chi connectivity index (χ3n) is 2.21. The van der Waals surface area contributed by atoms with Gasteiger partial charge in [0.05, 0.1) is 6.26 Å². The topological polar surface area (TPSA) is 26.0 Å². The fraction of sp³-hybridized carbons (Fsp3) is 0.364. The van der Waals surface area contributed by atoms with Crippen molar-refractivity contribution in [1.82, 2.24) is 4.98 Å². The van der Waals surface area contributed by atoms with Crippen molar-refractivity contribution in [2.75, 3.05) is 0 Å². The second-order valence-corrected chi connectivity index (χ2v) is 4.77. The molecule has 0 aromatic carbocycles. The number of pyridine rings is 1. The monoisotopic (exact) mass is 209 g/mol. The first-order chi connectivity index (χ1) is 6.48. The third kappa shape index (κ3) is 1.50. The van der Waals surface area contributed by atoms with E-state index in [0.29, 0.717) is 10.9 Å². The molecule has 2 aromatic heterocycles.